The molecule has 0 radical (unpaired) electrons. The molecule has 1 atom stereocenters. The summed E-state index contributed by atoms with van der Waals surface area (Å²) in [6.07, 6.45) is 0.667. The average Bonchev–Trinajstić information content (AvgIpc) is 3.48. The highest BCUT2D eigenvalue weighted by molar-refractivity contribution is 5.84. The van der Waals surface area contributed by atoms with E-state index in [0.29, 0.717) is 18.9 Å². The van der Waals surface area contributed by atoms with Gasteiger partial charge in [0.2, 0.25) is 0 Å². The van der Waals surface area contributed by atoms with E-state index >= 15 is 0 Å². The number of amides is 1. The lowest BCUT2D eigenvalue weighted by molar-refractivity contribution is -0.120. The number of aromatic nitrogens is 3. The molecule has 0 bridgehead atoms. The summed E-state index contributed by atoms with van der Waals surface area (Å²) in [5.74, 6) is 0.772. The van der Waals surface area contributed by atoms with Crippen molar-refractivity contribution in [3.63, 3.8) is 0 Å². The zero-order valence-corrected chi connectivity index (χ0v) is 29.4. The maximum absolute atomic E-state index is 11.6. The third-order valence-corrected chi connectivity index (χ3v) is 5.09. The van der Waals surface area contributed by atoms with Gasteiger partial charge >= 0.3 is 6.09 Å². The van der Waals surface area contributed by atoms with E-state index in [1.165, 1.54) is 13.3 Å². The van der Waals surface area contributed by atoms with E-state index in [-0.39, 0.29) is 31.5 Å². The maximum Gasteiger partial charge on any atom is 0.407 e. The highest BCUT2D eigenvalue weighted by Crippen LogP contribution is 2.18. The summed E-state index contributed by atoms with van der Waals surface area (Å²) >= 11 is 0. The molecule has 0 aliphatic carbocycles. The van der Waals surface area contributed by atoms with Crippen LogP contribution in [0.1, 0.15) is 113 Å². The van der Waals surface area contributed by atoms with Gasteiger partial charge in [0.05, 0.1) is 31.1 Å². The lowest BCUT2D eigenvalue weighted by atomic mass is 10.0. The first-order chi connectivity index (χ1) is 21.0. The minimum absolute atomic E-state index is 0.00285. The Kier molecular flexibility index (Phi) is 29.1. The number of carbonyl (C=O) groups excluding carboxylic acids is 2. The molecule has 4 N–H and O–H groups in total. The zero-order chi connectivity index (χ0) is 34.6. The van der Waals surface area contributed by atoms with Crippen LogP contribution in [-0.2, 0) is 27.5 Å². The van der Waals surface area contributed by atoms with E-state index in [0.717, 1.165) is 17.1 Å². The van der Waals surface area contributed by atoms with Crippen molar-refractivity contribution in [3.05, 3.63) is 65.6 Å². The van der Waals surface area contributed by atoms with Crippen molar-refractivity contribution in [1.82, 2.24) is 19.9 Å². The van der Waals surface area contributed by atoms with Crippen LogP contribution in [-0.4, -0.2) is 56.9 Å². The van der Waals surface area contributed by atoms with Crippen LogP contribution in [0, 0.1) is 0 Å². The number of ether oxygens (including phenoxy) is 2. The van der Waals surface area contributed by atoms with E-state index in [1.807, 2.05) is 101 Å². The third-order valence-electron chi connectivity index (χ3n) is 5.09. The van der Waals surface area contributed by atoms with Crippen LogP contribution in [0.5, 0.6) is 0 Å². The molecular formula is C34H61N5O5. The van der Waals surface area contributed by atoms with Crippen molar-refractivity contribution in [2.45, 2.75) is 114 Å². The maximum atomic E-state index is 11.6. The standard InChI is InChI=1S/C20H24N4O4.C5H11NO.C3H8.3C2H6/c1-15(12-27-13-16-6-3-2-4-7-16)19-23-22-18-9-5-8-17(24(18)19)14-28-20(26)21-10-11-25;1-4(7)5(2,3)6;1-3-2;3*1-2/h2-9,15,25H,10-14H2,1H3,(H,21,26);6H2,1-3H3;3H2,1-2H3;3*1-2H3. The van der Waals surface area contributed by atoms with E-state index in [2.05, 4.69) is 29.4 Å². The van der Waals surface area contributed by atoms with Gasteiger partial charge in [0.1, 0.15) is 18.2 Å². The number of aliphatic hydroxyl groups is 1. The molecule has 1 unspecified atom stereocenters. The van der Waals surface area contributed by atoms with Crippen LogP contribution in [0.4, 0.5) is 4.79 Å². The first kappa shape index (κ1) is 45.1. The summed E-state index contributed by atoms with van der Waals surface area (Å²) in [6.45, 7) is 24.2. The van der Waals surface area contributed by atoms with Gasteiger partial charge in [-0.2, -0.15) is 0 Å². The lowest BCUT2D eigenvalue weighted by Crippen LogP contribution is -2.39. The molecule has 3 rings (SSSR count). The van der Waals surface area contributed by atoms with Crippen LogP contribution in [0.2, 0.25) is 0 Å². The Balaban J connectivity index is -0.000000885. The highest BCUT2D eigenvalue weighted by atomic mass is 16.5. The minimum atomic E-state index is -0.639. The molecule has 10 nitrogen and oxygen atoms in total. The van der Waals surface area contributed by atoms with Gasteiger partial charge in [-0.25, -0.2) is 4.79 Å². The minimum Gasteiger partial charge on any atom is -0.443 e. The molecule has 1 aromatic carbocycles. The zero-order valence-electron chi connectivity index (χ0n) is 29.4. The molecule has 0 spiro atoms. The summed E-state index contributed by atoms with van der Waals surface area (Å²) in [4.78, 5) is 22.0. The number of nitrogens with one attached hydrogen (secondary N) is 1. The van der Waals surface area contributed by atoms with Crippen LogP contribution < -0.4 is 11.1 Å². The van der Waals surface area contributed by atoms with Gasteiger partial charge in [-0.05, 0) is 38.5 Å². The van der Waals surface area contributed by atoms with Gasteiger partial charge in [-0.3, -0.25) is 9.20 Å². The smallest absolute Gasteiger partial charge is 0.407 e. The van der Waals surface area contributed by atoms with Crippen LogP contribution in [0.25, 0.3) is 5.65 Å². The number of aliphatic hydroxyl groups excluding tert-OH is 1. The largest absolute Gasteiger partial charge is 0.443 e. The molecular weight excluding hydrogens is 558 g/mol. The fourth-order valence-corrected chi connectivity index (χ4v) is 2.81. The van der Waals surface area contributed by atoms with Gasteiger partial charge in [-0.1, -0.05) is 105 Å². The molecule has 252 valence electrons. The number of rotatable bonds is 10. The first-order valence-corrected chi connectivity index (χ1v) is 15.8. The van der Waals surface area contributed by atoms with Crippen LogP contribution in [0.15, 0.2) is 48.5 Å². The number of Topliss-reactive ketones (excluding diaryl/α,β-unsaturated/α-hetero) is 1. The molecule has 10 heteroatoms. The third kappa shape index (κ3) is 19.8. The topological polar surface area (TPSA) is 141 Å². The molecule has 2 heterocycles. The molecule has 0 aliphatic rings. The number of fused-ring (bicyclic) bond motifs is 1. The van der Waals surface area contributed by atoms with Crippen molar-refractivity contribution in [3.8, 4) is 0 Å². The molecule has 1 amide bonds. The van der Waals surface area contributed by atoms with Crippen molar-refractivity contribution < 1.29 is 24.2 Å². The predicted octanol–water partition coefficient (Wildman–Crippen LogP) is 7.08. The second-order valence-electron chi connectivity index (χ2n) is 9.38. The lowest BCUT2D eigenvalue weighted by Gasteiger charge is -2.13. The number of pyridine rings is 1. The second kappa shape index (κ2) is 28.4. The Morgan fingerprint density at radius 1 is 0.955 bits per heavy atom. The summed E-state index contributed by atoms with van der Waals surface area (Å²) < 4.78 is 12.9. The quantitative estimate of drug-likeness (QED) is 0.219. The highest BCUT2D eigenvalue weighted by Gasteiger charge is 2.17. The molecule has 3 aromatic rings. The summed E-state index contributed by atoms with van der Waals surface area (Å²) in [5.41, 5.74) is 7.24. The number of alkyl carbamates (subject to hydrolysis) is 1. The van der Waals surface area contributed by atoms with Crippen molar-refractivity contribution in [1.29, 1.82) is 0 Å². The molecule has 0 aliphatic heterocycles. The monoisotopic (exact) mass is 619 g/mol. The fraction of sp³-hybridized carbons (Fsp3) is 0.588. The van der Waals surface area contributed by atoms with Crippen molar-refractivity contribution >= 4 is 17.5 Å². The summed E-state index contributed by atoms with van der Waals surface area (Å²) in [5, 5.41) is 19.7. The number of nitrogens with two attached hydrogens (primary N) is 1. The Morgan fingerprint density at radius 2 is 1.50 bits per heavy atom. The Bertz CT molecular complexity index is 1100. The van der Waals surface area contributed by atoms with E-state index in [9.17, 15) is 9.59 Å². The molecule has 0 fully saturated rings. The Hall–Kier alpha value is -3.34. The molecule has 0 saturated carbocycles. The SMILES string of the molecule is CC.CC.CC.CC(=O)C(C)(C)N.CC(COCc1ccccc1)c1nnc2cccc(COC(=O)NCCO)n12.CCC. The first-order valence-electron chi connectivity index (χ1n) is 15.8. The fourth-order valence-electron chi connectivity index (χ4n) is 2.81. The molecule has 44 heavy (non-hydrogen) atoms. The Morgan fingerprint density at radius 3 is 2.00 bits per heavy atom. The van der Waals surface area contributed by atoms with Gasteiger partial charge in [0.15, 0.2) is 5.65 Å². The number of carbonyl (C=O) groups is 2. The van der Waals surface area contributed by atoms with Gasteiger partial charge in [-0.15, -0.1) is 10.2 Å². The number of benzene rings is 1. The van der Waals surface area contributed by atoms with E-state index in [1.54, 1.807) is 13.8 Å². The predicted molar refractivity (Wildman–Crippen MR) is 182 cm³/mol. The van der Waals surface area contributed by atoms with E-state index in [4.69, 9.17) is 20.3 Å². The number of ketones is 1. The van der Waals surface area contributed by atoms with Crippen molar-refractivity contribution in [2.75, 3.05) is 19.8 Å². The number of hydrogen-bond donors (Lipinski definition) is 3. The van der Waals surface area contributed by atoms with E-state index < -0.39 is 11.6 Å². The molecule has 0 saturated heterocycles. The van der Waals surface area contributed by atoms with Crippen LogP contribution in [0.3, 0.4) is 0 Å². The van der Waals surface area contributed by atoms with Gasteiger partial charge < -0.3 is 25.6 Å². The second-order valence-corrected chi connectivity index (χ2v) is 9.38. The Labute approximate surface area is 266 Å². The average molecular weight is 620 g/mol. The van der Waals surface area contributed by atoms with Gasteiger partial charge in [0.25, 0.3) is 0 Å². The van der Waals surface area contributed by atoms with Crippen molar-refractivity contribution in [2.24, 2.45) is 5.73 Å². The summed E-state index contributed by atoms with van der Waals surface area (Å²) in [6, 6.07) is 15.5. The molecule has 2 aromatic heterocycles. The van der Waals surface area contributed by atoms with Gasteiger partial charge in [0, 0.05) is 12.5 Å². The normalized spacial score (nSPS) is 10.3. The number of nitrogens with zero attached hydrogens (tertiary/aromatic N) is 3. The number of hydrogen-bond acceptors (Lipinski definition) is 8. The summed E-state index contributed by atoms with van der Waals surface area (Å²) in [7, 11) is 0. The van der Waals surface area contributed by atoms with Crippen LogP contribution >= 0.6 is 0 Å².